The van der Waals surface area contributed by atoms with Crippen molar-refractivity contribution in [2.45, 2.75) is 45.4 Å². The Hall–Kier alpha value is -2.29. The summed E-state index contributed by atoms with van der Waals surface area (Å²) in [5, 5.41) is 8.49. The van der Waals surface area contributed by atoms with Crippen LogP contribution in [-0.4, -0.2) is 17.9 Å². The number of aryl methyl sites for hydroxylation is 1. The standard InChI is InChI=1S/C21H26O3/c1-16-10-9-14-19(17(16)2)20(18-11-5-3-6-12-18)13-7-4-8-15-24-21(22)23/h3,5-6,9-12,14,20H,4,7-8,13,15H2,1-2H3,(H,22,23). The molecule has 1 N–H and O–H groups in total. The predicted molar refractivity (Wildman–Crippen MR) is 96.6 cm³/mol. The summed E-state index contributed by atoms with van der Waals surface area (Å²) in [7, 11) is 0. The monoisotopic (exact) mass is 326 g/mol. The zero-order chi connectivity index (χ0) is 17.4. The third-order valence-corrected chi connectivity index (χ3v) is 4.59. The minimum atomic E-state index is -1.19. The zero-order valence-electron chi connectivity index (χ0n) is 14.5. The summed E-state index contributed by atoms with van der Waals surface area (Å²) < 4.78 is 4.57. The summed E-state index contributed by atoms with van der Waals surface area (Å²) in [6.07, 6.45) is 2.67. The van der Waals surface area contributed by atoms with E-state index in [4.69, 9.17) is 5.11 Å². The lowest BCUT2D eigenvalue weighted by Crippen LogP contribution is -2.05. The molecule has 2 aromatic carbocycles. The van der Waals surface area contributed by atoms with Gasteiger partial charge in [-0.1, -0.05) is 61.4 Å². The third kappa shape index (κ3) is 5.12. The molecular formula is C21H26O3. The Morgan fingerprint density at radius 1 is 1.00 bits per heavy atom. The molecule has 0 aliphatic carbocycles. The van der Waals surface area contributed by atoms with E-state index in [1.807, 2.05) is 6.07 Å². The lowest BCUT2D eigenvalue weighted by molar-refractivity contribution is 0.0899. The number of unbranched alkanes of at least 4 members (excludes halogenated alkanes) is 2. The van der Waals surface area contributed by atoms with Crippen LogP contribution in [-0.2, 0) is 4.74 Å². The lowest BCUT2D eigenvalue weighted by Gasteiger charge is -2.21. The van der Waals surface area contributed by atoms with Crippen LogP contribution < -0.4 is 0 Å². The van der Waals surface area contributed by atoms with Gasteiger partial charge in [0.2, 0.25) is 0 Å². The van der Waals surface area contributed by atoms with Gasteiger partial charge in [0.1, 0.15) is 0 Å². The number of rotatable bonds is 8. The first kappa shape index (κ1) is 18.1. The molecule has 2 aromatic rings. The Morgan fingerprint density at radius 2 is 1.75 bits per heavy atom. The fourth-order valence-electron chi connectivity index (χ4n) is 3.13. The Labute approximate surface area is 144 Å². The molecule has 0 saturated heterocycles. The van der Waals surface area contributed by atoms with Gasteiger partial charge in [-0.2, -0.15) is 0 Å². The summed E-state index contributed by atoms with van der Waals surface area (Å²) in [5.41, 5.74) is 5.42. The Morgan fingerprint density at radius 3 is 2.46 bits per heavy atom. The SMILES string of the molecule is Cc1cccc(C(CCCCCOC(=O)O)c2ccccc2)c1C. The van der Waals surface area contributed by atoms with E-state index in [1.54, 1.807) is 0 Å². The van der Waals surface area contributed by atoms with Crippen molar-refractivity contribution in [3.63, 3.8) is 0 Å². The van der Waals surface area contributed by atoms with Crippen molar-refractivity contribution in [2.24, 2.45) is 0 Å². The minimum absolute atomic E-state index is 0.287. The number of hydrogen-bond donors (Lipinski definition) is 1. The molecule has 0 aliphatic rings. The first-order valence-corrected chi connectivity index (χ1v) is 8.56. The molecule has 3 nitrogen and oxygen atoms in total. The van der Waals surface area contributed by atoms with Gasteiger partial charge in [0.05, 0.1) is 6.61 Å². The fraction of sp³-hybridized carbons (Fsp3) is 0.381. The molecule has 24 heavy (non-hydrogen) atoms. The van der Waals surface area contributed by atoms with Crippen LogP contribution in [0.5, 0.6) is 0 Å². The second-order valence-electron chi connectivity index (χ2n) is 6.22. The van der Waals surface area contributed by atoms with Gasteiger partial charge in [-0.15, -0.1) is 0 Å². The first-order valence-electron chi connectivity index (χ1n) is 8.56. The van der Waals surface area contributed by atoms with Crippen molar-refractivity contribution < 1.29 is 14.6 Å². The summed E-state index contributed by atoms with van der Waals surface area (Å²) in [5.74, 6) is 0.381. The molecule has 1 atom stereocenters. The van der Waals surface area contributed by atoms with Gasteiger partial charge in [0.15, 0.2) is 0 Å². The van der Waals surface area contributed by atoms with Gasteiger partial charge in [-0.3, -0.25) is 0 Å². The molecular weight excluding hydrogens is 300 g/mol. The average Bonchev–Trinajstić information content (AvgIpc) is 2.58. The van der Waals surface area contributed by atoms with Crippen LogP contribution in [0.15, 0.2) is 48.5 Å². The minimum Gasteiger partial charge on any atom is -0.450 e. The second-order valence-corrected chi connectivity index (χ2v) is 6.22. The quantitative estimate of drug-likeness (QED) is 0.500. The Balaban J connectivity index is 2.05. The van der Waals surface area contributed by atoms with Crippen LogP contribution >= 0.6 is 0 Å². The van der Waals surface area contributed by atoms with Gasteiger partial charge < -0.3 is 9.84 Å². The van der Waals surface area contributed by atoms with Gasteiger partial charge >= 0.3 is 6.16 Å². The highest BCUT2D eigenvalue weighted by Gasteiger charge is 2.16. The van der Waals surface area contributed by atoms with Crippen molar-refractivity contribution in [1.82, 2.24) is 0 Å². The van der Waals surface area contributed by atoms with Gasteiger partial charge in [-0.05, 0) is 48.9 Å². The van der Waals surface area contributed by atoms with Crippen molar-refractivity contribution in [3.8, 4) is 0 Å². The van der Waals surface area contributed by atoms with E-state index >= 15 is 0 Å². The highest BCUT2D eigenvalue weighted by Crippen LogP contribution is 2.33. The highest BCUT2D eigenvalue weighted by atomic mass is 16.7. The molecule has 3 heteroatoms. The number of carboxylic acid groups (broad SMARTS) is 1. The fourth-order valence-corrected chi connectivity index (χ4v) is 3.13. The molecule has 0 spiro atoms. The third-order valence-electron chi connectivity index (χ3n) is 4.59. The number of ether oxygens (including phenoxy) is 1. The molecule has 1 unspecified atom stereocenters. The maximum absolute atomic E-state index is 10.4. The Kier molecular flexibility index (Phi) is 6.86. The summed E-state index contributed by atoms with van der Waals surface area (Å²) >= 11 is 0. The van der Waals surface area contributed by atoms with Crippen LogP contribution in [0, 0.1) is 13.8 Å². The van der Waals surface area contributed by atoms with Crippen LogP contribution in [0.2, 0.25) is 0 Å². The predicted octanol–water partition coefficient (Wildman–Crippen LogP) is 5.69. The normalized spacial score (nSPS) is 11.9. The summed E-state index contributed by atoms with van der Waals surface area (Å²) in [6.45, 7) is 4.64. The second kappa shape index (κ2) is 9.11. The molecule has 0 radical (unpaired) electrons. The van der Waals surface area contributed by atoms with E-state index in [-0.39, 0.29) is 6.61 Å². The molecule has 0 bridgehead atoms. The molecule has 0 aliphatic heterocycles. The van der Waals surface area contributed by atoms with Crippen LogP contribution in [0.25, 0.3) is 0 Å². The smallest absolute Gasteiger partial charge is 0.450 e. The first-order chi connectivity index (χ1) is 11.6. The highest BCUT2D eigenvalue weighted by molar-refractivity contribution is 5.56. The topological polar surface area (TPSA) is 46.5 Å². The van der Waals surface area contributed by atoms with Crippen molar-refractivity contribution in [3.05, 3.63) is 70.8 Å². The molecule has 0 fully saturated rings. The average molecular weight is 326 g/mol. The number of benzene rings is 2. The molecule has 128 valence electrons. The summed E-state index contributed by atoms with van der Waals surface area (Å²) in [6, 6.07) is 17.1. The van der Waals surface area contributed by atoms with Crippen molar-refractivity contribution in [2.75, 3.05) is 6.61 Å². The van der Waals surface area contributed by atoms with E-state index in [9.17, 15) is 4.79 Å². The largest absolute Gasteiger partial charge is 0.505 e. The molecule has 0 heterocycles. The number of hydrogen-bond acceptors (Lipinski definition) is 2. The Bertz CT molecular complexity index is 649. The zero-order valence-corrected chi connectivity index (χ0v) is 14.5. The van der Waals surface area contributed by atoms with E-state index in [2.05, 4.69) is 61.0 Å². The molecule has 0 aromatic heterocycles. The van der Waals surface area contributed by atoms with E-state index in [0.717, 1.165) is 25.7 Å². The molecule has 0 amide bonds. The molecule has 0 saturated carbocycles. The van der Waals surface area contributed by atoms with Crippen molar-refractivity contribution in [1.29, 1.82) is 0 Å². The van der Waals surface area contributed by atoms with Gasteiger partial charge in [0, 0.05) is 5.92 Å². The maximum Gasteiger partial charge on any atom is 0.505 e. The maximum atomic E-state index is 10.4. The van der Waals surface area contributed by atoms with Crippen LogP contribution in [0.4, 0.5) is 4.79 Å². The van der Waals surface area contributed by atoms with Crippen LogP contribution in [0.3, 0.4) is 0 Å². The summed E-state index contributed by atoms with van der Waals surface area (Å²) in [4.78, 5) is 10.4. The number of carbonyl (C=O) groups is 1. The lowest BCUT2D eigenvalue weighted by atomic mass is 9.83. The van der Waals surface area contributed by atoms with Gasteiger partial charge in [-0.25, -0.2) is 4.79 Å². The molecule has 2 rings (SSSR count). The van der Waals surface area contributed by atoms with E-state index in [0.29, 0.717) is 5.92 Å². The van der Waals surface area contributed by atoms with Crippen molar-refractivity contribution >= 4 is 6.16 Å². The van der Waals surface area contributed by atoms with Crippen LogP contribution in [0.1, 0.15) is 53.9 Å². The van der Waals surface area contributed by atoms with E-state index in [1.165, 1.54) is 22.3 Å². The van der Waals surface area contributed by atoms with E-state index < -0.39 is 6.16 Å². The van der Waals surface area contributed by atoms with Gasteiger partial charge in [0.25, 0.3) is 0 Å².